The predicted octanol–water partition coefficient (Wildman–Crippen LogP) is 5.68. The lowest BCUT2D eigenvalue weighted by Gasteiger charge is -2.14. The maximum atomic E-state index is 13.3. The van der Waals surface area contributed by atoms with E-state index in [4.69, 9.17) is 9.72 Å². The molecule has 2 aromatic carbocycles. The van der Waals surface area contributed by atoms with Crippen molar-refractivity contribution < 1.29 is 23.0 Å². The molecule has 2 aromatic heterocycles. The fraction of sp³-hybridized carbons (Fsp3) is 0.240. The molecule has 1 amide bonds. The van der Waals surface area contributed by atoms with Gasteiger partial charge in [-0.25, -0.2) is 4.98 Å². The highest BCUT2D eigenvalue weighted by molar-refractivity contribution is 6.13. The van der Waals surface area contributed by atoms with Gasteiger partial charge in [-0.05, 0) is 45.0 Å². The van der Waals surface area contributed by atoms with E-state index in [0.717, 1.165) is 17.8 Å². The number of ether oxygens (including phenoxy) is 2. The van der Waals surface area contributed by atoms with E-state index in [1.54, 1.807) is 13.0 Å². The number of carbonyl (C=O) groups excluding carboxylic acids is 1. The number of benzene rings is 2. The molecular formula is C25H24F2N4O3. The van der Waals surface area contributed by atoms with E-state index in [1.807, 2.05) is 49.0 Å². The first-order valence-corrected chi connectivity index (χ1v) is 10.9. The van der Waals surface area contributed by atoms with E-state index in [0.29, 0.717) is 27.8 Å². The number of nitrogens with zero attached hydrogens (tertiary/aromatic N) is 3. The summed E-state index contributed by atoms with van der Waals surface area (Å²) < 4.78 is 37.1. The van der Waals surface area contributed by atoms with Crippen LogP contribution in [-0.2, 0) is 6.54 Å². The number of pyridine rings is 1. The van der Waals surface area contributed by atoms with Crippen molar-refractivity contribution in [1.29, 1.82) is 0 Å². The molecule has 0 aliphatic carbocycles. The molecule has 0 saturated heterocycles. The van der Waals surface area contributed by atoms with Gasteiger partial charge in [-0.1, -0.05) is 18.2 Å². The predicted molar refractivity (Wildman–Crippen MR) is 126 cm³/mol. The van der Waals surface area contributed by atoms with Gasteiger partial charge in [0.05, 0.1) is 29.1 Å². The number of nitrogens with one attached hydrogen (secondary N) is 1. The average molecular weight is 466 g/mol. The summed E-state index contributed by atoms with van der Waals surface area (Å²) in [5.74, 6) is -0.358. The number of aromatic nitrogens is 3. The van der Waals surface area contributed by atoms with Crippen LogP contribution in [0.3, 0.4) is 0 Å². The molecular weight excluding hydrogens is 442 g/mol. The van der Waals surface area contributed by atoms with Crippen molar-refractivity contribution in [2.45, 2.75) is 33.9 Å². The third-order valence-corrected chi connectivity index (χ3v) is 5.22. The van der Waals surface area contributed by atoms with Crippen molar-refractivity contribution in [2.75, 3.05) is 11.9 Å². The highest BCUT2D eigenvalue weighted by Gasteiger charge is 2.18. The Labute approximate surface area is 195 Å². The SMILES string of the molecule is CCOc1cc(NC(=O)c2cc(-c3cn(CC)nc3C)nc3ccccc23)ccc1OC(F)F. The van der Waals surface area contributed by atoms with Crippen LogP contribution in [0.2, 0.25) is 0 Å². The summed E-state index contributed by atoms with van der Waals surface area (Å²) in [6.07, 6.45) is 1.91. The maximum absolute atomic E-state index is 13.3. The van der Waals surface area contributed by atoms with Crippen molar-refractivity contribution in [2.24, 2.45) is 0 Å². The second-order valence-corrected chi connectivity index (χ2v) is 7.48. The number of hydrogen-bond donors (Lipinski definition) is 1. The molecule has 9 heteroatoms. The molecule has 0 saturated carbocycles. The number of carbonyl (C=O) groups is 1. The molecule has 0 radical (unpaired) electrons. The number of halogens is 2. The Balaban J connectivity index is 1.72. The van der Waals surface area contributed by atoms with Crippen LogP contribution < -0.4 is 14.8 Å². The topological polar surface area (TPSA) is 78.3 Å². The van der Waals surface area contributed by atoms with Crippen molar-refractivity contribution in [3.63, 3.8) is 0 Å². The van der Waals surface area contributed by atoms with Crippen LogP contribution in [0.4, 0.5) is 14.5 Å². The van der Waals surface area contributed by atoms with Gasteiger partial charge in [0.25, 0.3) is 5.91 Å². The number of rotatable bonds is 8. The number of amides is 1. The molecule has 2 heterocycles. The zero-order valence-corrected chi connectivity index (χ0v) is 19.0. The molecule has 0 spiro atoms. The summed E-state index contributed by atoms with van der Waals surface area (Å²) in [6.45, 7) is 3.61. The van der Waals surface area contributed by atoms with Gasteiger partial charge >= 0.3 is 6.61 Å². The Morgan fingerprint density at radius 3 is 2.62 bits per heavy atom. The van der Waals surface area contributed by atoms with Crippen molar-refractivity contribution in [3.8, 4) is 22.8 Å². The van der Waals surface area contributed by atoms with Gasteiger partial charge in [-0.2, -0.15) is 13.9 Å². The quantitative estimate of drug-likeness (QED) is 0.362. The molecule has 0 aliphatic heterocycles. The number of para-hydroxylation sites is 1. The molecule has 0 unspecified atom stereocenters. The largest absolute Gasteiger partial charge is 0.490 e. The monoisotopic (exact) mass is 466 g/mol. The second-order valence-electron chi connectivity index (χ2n) is 7.48. The molecule has 4 rings (SSSR count). The molecule has 1 N–H and O–H groups in total. The first-order chi connectivity index (χ1) is 16.4. The van der Waals surface area contributed by atoms with E-state index in [-0.39, 0.29) is 24.0 Å². The number of hydrogen-bond acceptors (Lipinski definition) is 5. The van der Waals surface area contributed by atoms with Gasteiger partial charge < -0.3 is 14.8 Å². The van der Waals surface area contributed by atoms with E-state index >= 15 is 0 Å². The van der Waals surface area contributed by atoms with E-state index in [9.17, 15) is 13.6 Å². The fourth-order valence-electron chi connectivity index (χ4n) is 3.68. The molecule has 0 bridgehead atoms. The molecule has 0 fully saturated rings. The van der Waals surface area contributed by atoms with Crippen LogP contribution in [0.25, 0.3) is 22.2 Å². The van der Waals surface area contributed by atoms with Crippen LogP contribution in [-0.4, -0.2) is 33.9 Å². The van der Waals surface area contributed by atoms with E-state index in [1.165, 1.54) is 18.2 Å². The molecule has 34 heavy (non-hydrogen) atoms. The minimum absolute atomic E-state index is 0.102. The Morgan fingerprint density at radius 1 is 1.12 bits per heavy atom. The summed E-state index contributed by atoms with van der Waals surface area (Å²) >= 11 is 0. The highest BCUT2D eigenvalue weighted by Crippen LogP contribution is 2.33. The molecule has 0 aliphatic rings. The van der Waals surface area contributed by atoms with E-state index in [2.05, 4.69) is 15.2 Å². The Hall–Kier alpha value is -4.01. The normalized spacial score (nSPS) is 11.1. The zero-order chi connectivity index (χ0) is 24.2. The number of fused-ring (bicyclic) bond motifs is 1. The lowest BCUT2D eigenvalue weighted by Crippen LogP contribution is -2.13. The van der Waals surface area contributed by atoms with Crippen molar-refractivity contribution >= 4 is 22.5 Å². The minimum atomic E-state index is -2.98. The molecule has 0 atom stereocenters. The highest BCUT2D eigenvalue weighted by atomic mass is 19.3. The second kappa shape index (κ2) is 9.86. The third kappa shape index (κ3) is 4.83. The lowest BCUT2D eigenvalue weighted by atomic mass is 10.0. The number of aryl methyl sites for hydroxylation is 2. The smallest absolute Gasteiger partial charge is 0.387 e. The summed E-state index contributed by atoms with van der Waals surface area (Å²) in [5, 5.41) is 8.00. The van der Waals surface area contributed by atoms with Crippen molar-refractivity contribution in [1.82, 2.24) is 14.8 Å². The summed E-state index contributed by atoms with van der Waals surface area (Å²) in [7, 11) is 0. The van der Waals surface area contributed by atoms with Gasteiger partial charge in [-0.3, -0.25) is 9.48 Å². The minimum Gasteiger partial charge on any atom is -0.490 e. The van der Waals surface area contributed by atoms with Gasteiger partial charge in [0, 0.05) is 35.4 Å². The Bertz CT molecular complexity index is 1340. The number of alkyl halides is 2. The van der Waals surface area contributed by atoms with Crippen LogP contribution in [0.15, 0.2) is 54.7 Å². The summed E-state index contributed by atoms with van der Waals surface area (Å²) in [6, 6.07) is 13.4. The summed E-state index contributed by atoms with van der Waals surface area (Å²) in [4.78, 5) is 18.1. The van der Waals surface area contributed by atoms with Crippen molar-refractivity contribution in [3.05, 3.63) is 66.0 Å². The zero-order valence-electron chi connectivity index (χ0n) is 19.0. The van der Waals surface area contributed by atoms with Gasteiger partial charge in [0.1, 0.15) is 0 Å². The van der Waals surface area contributed by atoms with Crippen LogP contribution in [0, 0.1) is 6.92 Å². The van der Waals surface area contributed by atoms with Crippen LogP contribution >= 0.6 is 0 Å². The van der Waals surface area contributed by atoms with Crippen LogP contribution in [0.1, 0.15) is 29.9 Å². The maximum Gasteiger partial charge on any atom is 0.387 e. The molecule has 7 nitrogen and oxygen atoms in total. The lowest BCUT2D eigenvalue weighted by molar-refractivity contribution is -0.0514. The average Bonchev–Trinajstić information content (AvgIpc) is 3.20. The summed E-state index contributed by atoms with van der Waals surface area (Å²) in [5.41, 5.74) is 3.77. The Morgan fingerprint density at radius 2 is 1.91 bits per heavy atom. The molecule has 176 valence electrons. The first-order valence-electron chi connectivity index (χ1n) is 10.9. The fourth-order valence-corrected chi connectivity index (χ4v) is 3.68. The van der Waals surface area contributed by atoms with Crippen LogP contribution in [0.5, 0.6) is 11.5 Å². The van der Waals surface area contributed by atoms with Gasteiger partial charge in [0.2, 0.25) is 0 Å². The first kappa shape index (κ1) is 23.2. The molecule has 4 aromatic rings. The van der Waals surface area contributed by atoms with Gasteiger partial charge in [0.15, 0.2) is 11.5 Å². The number of anilines is 1. The van der Waals surface area contributed by atoms with Gasteiger partial charge in [-0.15, -0.1) is 0 Å². The standard InChI is InChI=1S/C25H24F2N4O3/c1-4-31-14-19(15(3)30-31)21-13-18(17-8-6-7-9-20(17)29-21)24(32)28-16-10-11-22(34-25(26)27)23(12-16)33-5-2/h6-14,25H,4-5H2,1-3H3,(H,28,32). The van der Waals surface area contributed by atoms with E-state index < -0.39 is 6.61 Å². The third-order valence-electron chi connectivity index (χ3n) is 5.22. The Kier molecular flexibility index (Phi) is 6.72.